The Morgan fingerprint density at radius 1 is 1.24 bits per heavy atom. The van der Waals surface area contributed by atoms with Crippen LogP contribution in [-0.2, 0) is 4.79 Å². The van der Waals surface area contributed by atoms with E-state index in [4.69, 9.17) is 11.6 Å². The van der Waals surface area contributed by atoms with Gasteiger partial charge in [0.1, 0.15) is 16.6 Å². The van der Waals surface area contributed by atoms with Crippen LogP contribution in [0, 0.1) is 18.3 Å². The summed E-state index contributed by atoms with van der Waals surface area (Å²) in [6, 6.07) is 16.1. The molecule has 0 spiro atoms. The number of nitrogens with zero attached hydrogens (tertiary/aromatic N) is 3. The number of benzene rings is 2. The Morgan fingerprint density at radius 3 is 2.74 bits per heavy atom. The monoisotopic (exact) mass is 510 g/mol. The third-order valence-corrected chi connectivity index (χ3v) is 8.67. The topological polar surface area (TPSA) is 69.0 Å². The summed E-state index contributed by atoms with van der Waals surface area (Å²) in [5.74, 6) is 0.311. The number of halogens is 1. The molecule has 1 amide bonds. The SMILES string of the molecule is Cc1c(Cl)cccc1N/C(SCC(=O)N(C)C1CCCCC1)=C(/C#N)c1nc2ccccc2s1. The van der Waals surface area contributed by atoms with Gasteiger partial charge in [-0.25, -0.2) is 4.98 Å². The first kappa shape index (κ1) is 24.6. The molecule has 0 atom stereocenters. The summed E-state index contributed by atoms with van der Waals surface area (Å²) >= 11 is 9.16. The molecular weight excluding hydrogens is 484 g/mol. The van der Waals surface area contributed by atoms with E-state index in [-0.39, 0.29) is 11.7 Å². The van der Waals surface area contributed by atoms with Crippen LogP contribution in [0.15, 0.2) is 47.5 Å². The van der Waals surface area contributed by atoms with Gasteiger partial charge in [0.25, 0.3) is 0 Å². The smallest absolute Gasteiger partial charge is 0.232 e. The molecule has 5 nitrogen and oxygen atoms in total. The number of carbonyl (C=O) groups is 1. The molecule has 4 rings (SSSR count). The molecule has 34 heavy (non-hydrogen) atoms. The highest BCUT2D eigenvalue weighted by atomic mass is 35.5. The lowest BCUT2D eigenvalue weighted by atomic mass is 9.94. The van der Waals surface area contributed by atoms with Crippen LogP contribution in [0.5, 0.6) is 0 Å². The lowest BCUT2D eigenvalue weighted by Gasteiger charge is -2.31. The molecule has 0 bridgehead atoms. The number of aromatic nitrogens is 1. The van der Waals surface area contributed by atoms with Crippen molar-refractivity contribution in [3.8, 4) is 6.07 Å². The van der Waals surface area contributed by atoms with Crippen molar-refractivity contribution in [2.45, 2.75) is 45.1 Å². The maximum atomic E-state index is 13.0. The van der Waals surface area contributed by atoms with Gasteiger partial charge in [-0.2, -0.15) is 5.26 Å². The first-order valence-electron chi connectivity index (χ1n) is 11.4. The van der Waals surface area contributed by atoms with Crippen LogP contribution in [-0.4, -0.2) is 34.6 Å². The highest BCUT2D eigenvalue weighted by Crippen LogP contribution is 2.35. The van der Waals surface area contributed by atoms with Crippen molar-refractivity contribution in [2.24, 2.45) is 0 Å². The number of rotatable bonds is 7. The van der Waals surface area contributed by atoms with E-state index in [2.05, 4.69) is 16.4 Å². The molecule has 1 N–H and O–H groups in total. The summed E-state index contributed by atoms with van der Waals surface area (Å²) in [6.07, 6.45) is 5.71. The Labute approximate surface area is 213 Å². The standard InChI is InChI=1S/C26H27ClN4OS2/c1-17-20(27)11-8-13-21(17)29-25(33-16-24(32)31(2)18-9-4-3-5-10-18)19(15-28)26-30-22-12-6-7-14-23(22)34-26/h6-8,11-14,18,29H,3-5,9-10,16H2,1-2H3/b25-19+. The molecule has 2 aromatic carbocycles. The molecule has 1 aliphatic rings. The molecule has 1 saturated carbocycles. The summed E-state index contributed by atoms with van der Waals surface area (Å²) in [6.45, 7) is 1.93. The number of hydrogen-bond acceptors (Lipinski definition) is 6. The molecule has 0 radical (unpaired) electrons. The Hall–Kier alpha value is -2.53. The molecular formula is C26H27ClN4OS2. The van der Waals surface area contributed by atoms with E-state index in [9.17, 15) is 10.1 Å². The molecule has 0 saturated heterocycles. The summed E-state index contributed by atoms with van der Waals surface area (Å²) in [4.78, 5) is 19.6. The van der Waals surface area contributed by atoms with Crippen LogP contribution in [0.3, 0.4) is 0 Å². The number of para-hydroxylation sites is 1. The van der Waals surface area contributed by atoms with Crippen molar-refractivity contribution >= 4 is 62.1 Å². The van der Waals surface area contributed by atoms with Gasteiger partial charge in [0.05, 0.1) is 21.0 Å². The average molecular weight is 511 g/mol. The van der Waals surface area contributed by atoms with Crippen molar-refractivity contribution in [3.63, 3.8) is 0 Å². The fourth-order valence-corrected chi connectivity index (χ4v) is 6.26. The first-order chi connectivity index (χ1) is 16.5. The van der Waals surface area contributed by atoms with Crippen molar-refractivity contribution in [2.75, 3.05) is 18.1 Å². The fraction of sp³-hybridized carbons (Fsp3) is 0.346. The van der Waals surface area contributed by atoms with E-state index in [0.29, 0.717) is 26.7 Å². The average Bonchev–Trinajstić information content (AvgIpc) is 3.29. The molecule has 8 heteroatoms. The third kappa shape index (κ3) is 5.57. The van der Waals surface area contributed by atoms with Gasteiger partial charge in [0.2, 0.25) is 5.91 Å². The number of amides is 1. The fourth-order valence-electron chi connectivity index (χ4n) is 4.12. The Morgan fingerprint density at radius 2 is 2.00 bits per heavy atom. The second-order valence-corrected chi connectivity index (χ2v) is 10.8. The van der Waals surface area contributed by atoms with E-state index < -0.39 is 0 Å². The van der Waals surface area contributed by atoms with Crippen LogP contribution in [0.2, 0.25) is 5.02 Å². The number of allylic oxidation sites excluding steroid dienone is 1. The molecule has 1 fully saturated rings. The number of nitrogens with one attached hydrogen (secondary N) is 1. The maximum absolute atomic E-state index is 13.0. The molecule has 1 heterocycles. The number of fused-ring (bicyclic) bond motifs is 1. The predicted molar refractivity (Wildman–Crippen MR) is 144 cm³/mol. The summed E-state index contributed by atoms with van der Waals surface area (Å²) in [5, 5.41) is 15.4. The van der Waals surface area contributed by atoms with E-state index in [1.54, 1.807) is 0 Å². The van der Waals surface area contributed by atoms with Crippen LogP contribution in [0.1, 0.15) is 42.7 Å². The van der Waals surface area contributed by atoms with Gasteiger partial charge in [-0.05, 0) is 49.6 Å². The minimum Gasteiger partial charge on any atom is -0.349 e. The van der Waals surface area contributed by atoms with Gasteiger partial charge in [0, 0.05) is 23.8 Å². The molecule has 1 aliphatic carbocycles. The number of anilines is 1. The minimum atomic E-state index is 0.0700. The zero-order valence-corrected chi connectivity index (χ0v) is 21.7. The zero-order valence-electron chi connectivity index (χ0n) is 19.3. The number of nitriles is 1. The number of thioether (sulfide) groups is 1. The lowest BCUT2D eigenvalue weighted by molar-refractivity contribution is -0.129. The van der Waals surface area contributed by atoms with Crippen LogP contribution >= 0.6 is 34.7 Å². The highest BCUT2D eigenvalue weighted by Gasteiger charge is 2.23. The summed E-state index contributed by atoms with van der Waals surface area (Å²) in [7, 11) is 1.90. The molecule has 1 aromatic heterocycles. The molecule has 176 valence electrons. The van der Waals surface area contributed by atoms with Gasteiger partial charge in [0.15, 0.2) is 0 Å². The Kier molecular flexibility index (Phi) is 8.15. The largest absolute Gasteiger partial charge is 0.349 e. The Balaban J connectivity index is 1.65. The quantitative estimate of drug-likeness (QED) is 0.344. The summed E-state index contributed by atoms with van der Waals surface area (Å²) in [5.41, 5.74) is 2.97. The van der Waals surface area contributed by atoms with Crippen molar-refractivity contribution in [1.82, 2.24) is 9.88 Å². The highest BCUT2D eigenvalue weighted by molar-refractivity contribution is 8.04. The van der Waals surface area contributed by atoms with E-state index in [1.807, 2.05) is 61.3 Å². The van der Waals surface area contributed by atoms with Crippen molar-refractivity contribution in [3.05, 3.63) is 63.1 Å². The predicted octanol–water partition coefficient (Wildman–Crippen LogP) is 7.09. The van der Waals surface area contributed by atoms with Gasteiger partial charge < -0.3 is 10.2 Å². The van der Waals surface area contributed by atoms with Crippen molar-refractivity contribution in [1.29, 1.82) is 5.26 Å². The van der Waals surface area contributed by atoms with Crippen LogP contribution in [0.25, 0.3) is 15.8 Å². The van der Waals surface area contributed by atoms with E-state index in [0.717, 1.165) is 34.3 Å². The second kappa shape index (κ2) is 11.3. The lowest BCUT2D eigenvalue weighted by Crippen LogP contribution is -2.39. The van der Waals surface area contributed by atoms with Crippen LogP contribution in [0.4, 0.5) is 5.69 Å². The van der Waals surface area contributed by atoms with Gasteiger partial charge in [-0.15, -0.1) is 11.3 Å². The summed E-state index contributed by atoms with van der Waals surface area (Å²) < 4.78 is 1.02. The van der Waals surface area contributed by atoms with Gasteiger partial charge in [-0.3, -0.25) is 4.79 Å². The van der Waals surface area contributed by atoms with E-state index >= 15 is 0 Å². The van der Waals surface area contributed by atoms with E-state index in [1.165, 1.54) is 42.4 Å². The minimum absolute atomic E-state index is 0.0700. The zero-order chi connectivity index (χ0) is 24.1. The first-order valence-corrected chi connectivity index (χ1v) is 13.6. The Bertz CT molecular complexity index is 1220. The number of hydrogen-bond donors (Lipinski definition) is 1. The molecule has 3 aromatic rings. The van der Waals surface area contributed by atoms with Gasteiger partial charge >= 0.3 is 0 Å². The normalized spacial score (nSPS) is 15.0. The van der Waals surface area contributed by atoms with Crippen molar-refractivity contribution < 1.29 is 4.79 Å². The molecule has 0 unspecified atom stereocenters. The second-order valence-electron chi connectivity index (χ2n) is 8.43. The van der Waals surface area contributed by atoms with Gasteiger partial charge in [-0.1, -0.05) is 60.8 Å². The number of thiazole rings is 1. The molecule has 0 aliphatic heterocycles. The third-order valence-electron chi connectivity index (χ3n) is 6.22. The maximum Gasteiger partial charge on any atom is 0.232 e. The number of carbonyl (C=O) groups excluding carboxylic acids is 1. The van der Waals surface area contributed by atoms with Crippen LogP contribution < -0.4 is 5.32 Å².